The molecule has 0 saturated carbocycles. The number of carboxylic acid groups (broad SMARTS) is 1. The molecular formula is C16H19N3O2. The Morgan fingerprint density at radius 3 is 2.62 bits per heavy atom. The predicted octanol–water partition coefficient (Wildman–Crippen LogP) is 3.49. The largest absolute Gasteiger partial charge is 0.478 e. The second kappa shape index (κ2) is 6.35. The highest BCUT2D eigenvalue weighted by Crippen LogP contribution is 2.20. The van der Waals surface area contributed by atoms with E-state index < -0.39 is 5.97 Å². The molecule has 0 spiro atoms. The first-order valence-corrected chi connectivity index (χ1v) is 6.95. The van der Waals surface area contributed by atoms with E-state index in [2.05, 4.69) is 15.3 Å². The molecule has 0 fully saturated rings. The third kappa shape index (κ3) is 3.78. The summed E-state index contributed by atoms with van der Waals surface area (Å²) in [4.78, 5) is 20.0. The molecule has 0 aromatic carbocycles. The van der Waals surface area contributed by atoms with Crippen molar-refractivity contribution in [1.29, 1.82) is 0 Å². The number of carboxylic acids is 1. The number of nitrogens with one attached hydrogen (secondary N) is 1. The van der Waals surface area contributed by atoms with Crippen molar-refractivity contribution < 1.29 is 9.90 Å². The van der Waals surface area contributed by atoms with Crippen molar-refractivity contribution in [2.45, 2.75) is 33.6 Å². The Bertz CT molecular complexity index is 669. The van der Waals surface area contributed by atoms with E-state index in [1.165, 1.54) is 0 Å². The number of nitrogens with zero attached hydrogens (tertiary/aromatic N) is 2. The van der Waals surface area contributed by atoms with Crippen molar-refractivity contribution in [1.82, 2.24) is 9.97 Å². The molecule has 21 heavy (non-hydrogen) atoms. The second-order valence-corrected chi connectivity index (χ2v) is 5.00. The minimum Gasteiger partial charge on any atom is -0.478 e. The maximum Gasteiger partial charge on any atom is 0.335 e. The van der Waals surface area contributed by atoms with Crippen LogP contribution < -0.4 is 5.32 Å². The lowest BCUT2D eigenvalue weighted by molar-refractivity contribution is 0.0696. The summed E-state index contributed by atoms with van der Waals surface area (Å²) >= 11 is 0. The molecule has 110 valence electrons. The van der Waals surface area contributed by atoms with Crippen molar-refractivity contribution >= 4 is 17.5 Å². The van der Waals surface area contributed by atoms with Gasteiger partial charge in [0, 0.05) is 11.4 Å². The first-order chi connectivity index (χ1) is 9.99. The number of hydrogen-bond acceptors (Lipinski definition) is 4. The summed E-state index contributed by atoms with van der Waals surface area (Å²) in [6.45, 7) is 5.87. The summed E-state index contributed by atoms with van der Waals surface area (Å²) in [7, 11) is 0. The zero-order valence-corrected chi connectivity index (χ0v) is 12.5. The van der Waals surface area contributed by atoms with Gasteiger partial charge in [-0.3, -0.25) is 4.98 Å². The summed E-state index contributed by atoms with van der Waals surface area (Å²) in [5.74, 6) is -0.413. The Labute approximate surface area is 124 Å². The molecule has 5 nitrogen and oxygen atoms in total. The third-order valence-corrected chi connectivity index (χ3v) is 3.12. The summed E-state index contributed by atoms with van der Waals surface area (Å²) in [6, 6.07) is 6.99. The van der Waals surface area contributed by atoms with E-state index in [4.69, 9.17) is 0 Å². The zero-order valence-electron chi connectivity index (χ0n) is 12.5. The van der Waals surface area contributed by atoms with Crippen LogP contribution in [0, 0.1) is 13.8 Å². The lowest BCUT2D eigenvalue weighted by atomic mass is 10.1. The summed E-state index contributed by atoms with van der Waals surface area (Å²) in [6.07, 6.45) is 1.67. The third-order valence-electron chi connectivity index (χ3n) is 3.12. The van der Waals surface area contributed by atoms with Gasteiger partial charge in [0.2, 0.25) is 0 Å². The SMILES string of the molecule is CCCc1cc(C(=O)O)cc(Nc2ccc(C)nc2C)n1. The molecule has 0 amide bonds. The van der Waals surface area contributed by atoms with Gasteiger partial charge in [0.15, 0.2) is 0 Å². The van der Waals surface area contributed by atoms with Gasteiger partial charge in [-0.15, -0.1) is 0 Å². The van der Waals surface area contributed by atoms with Gasteiger partial charge in [0.05, 0.1) is 16.9 Å². The average molecular weight is 285 g/mol. The fourth-order valence-corrected chi connectivity index (χ4v) is 2.12. The summed E-state index contributed by atoms with van der Waals surface area (Å²) in [5.41, 5.74) is 3.65. The highest BCUT2D eigenvalue weighted by molar-refractivity contribution is 5.88. The Morgan fingerprint density at radius 1 is 1.24 bits per heavy atom. The van der Waals surface area contributed by atoms with E-state index in [0.717, 1.165) is 35.6 Å². The molecule has 2 heterocycles. The number of aromatic nitrogens is 2. The minimum absolute atomic E-state index is 0.244. The number of pyridine rings is 2. The van der Waals surface area contributed by atoms with Crippen LogP contribution in [0.2, 0.25) is 0 Å². The van der Waals surface area contributed by atoms with E-state index in [1.807, 2.05) is 32.9 Å². The van der Waals surface area contributed by atoms with Crippen molar-refractivity contribution in [3.63, 3.8) is 0 Å². The van der Waals surface area contributed by atoms with Crippen LogP contribution in [0.15, 0.2) is 24.3 Å². The lowest BCUT2D eigenvalue weighted by Crippen LogP contribution is -2.05. The summed E-state index contributed by atoms with van der Waals surface area (Å²) < 4.78 is 0. The highest BCUT2D eigenvalue weighted by atomic mass is 16.4. The molecule has 0 unspecified atom stereocenters. The fraction of sp³-hybridized carbons (Fsp3) is 0.312. The molecule has 0 aliphatic rings. The van der Waals surface area contributed by atoms with Crippen LogP contribution >= 0.6 is 0 Å². The van der Waals surface area contributed by atoms with Crippen LogP contribution in [0.5, 0.6) is 0 Å². The van der Waals surface area contributed by atoms with E-state index in [9.17, 15) is 9.90 Å². The number of rotatable bonds is 5. The smallest absolute Gasteiger partial charge is 0.335 e. The van der Waals surface area contributed by atoms with Crippen molar-refractivity contribution in [3.8, 4) is 0 Å². The van der Waals surface area contributed by atoms with Crippen LogP contribution in [0.4, 0.5) is 11.5 Å². The van der Waals surface area contributed by atoms with Gasteiger partial charge in [-0.05, 0) is 44.5 Å². The van der Waals surface area contributed by atoms with Crippen LogP contribution in [0.25, 0.3) is 0 Å². The van der Waals surface area contributed by atoms with Gasteiger partial charge in [-0.25, -0.2) is 9.78 Å². The molecule has 0 aliphatic heterocycles. The molecular weight excluding hydrogens is 266 g/mol. The Hall–Kier alpha value is -2.43. The molecule has 0 saturated heterocycles. The van der Waals surface area contributed by atoms with Gasteiger partial charge in [0.1, 0.15) is 5.82 Å². The second-order valence-electron chi connectivity index (χ2n) is 5.00. The molecule has 0 radical (unpaired) electrons. The van der Waals surface area contributed by atoms with E-state index in [-0.39, 0.29) is 5.56 Å². The van der Waals surface area contributed by atoms with Crippen LogP contribution in [0.1, 0.15) is 40.8 Å². The average Bonchev–Trinajstić information content (AvgIpc) is 2.42. The monoisotopic (exact) mass is 285 g/mol. The van der Waals surface area contributed by atoms with E-state index in [0.29, 0.717) is 5.82 Å². The quantitative estimate of drug-likeness (QED) is 0.879. The first-order valence-electron chi connectivity index (χ1n) is 6.95. The molecule has 5 heteroatoms. The molecule has 0 aliphatic carbocycles. The predicted molar refractivity (Wildman–Crippen MR) is 82.2 cm³/mol. The molecule has 2 aromatic rings. The van der Waals surface area contributed by atoms with Crippen molar-refractivity contribution in [3.05, 3.63) is 46.9 Å². The van der Waals surface area contributed by atoms with Crippen LogP contribution in [0.3, 0.4) is 0 Å². The van der Waals surface area contributed by atoms with Gasteiger partial charge >= 0.3 is 5.97 Å². The topological polar surface area (TPSA) is 75.1 Å². The minimum atomic E-state index is -0.948. The number of anilines is 2. The standard InChI is InChI=1S/C16H19N3O2/c1-4-5-13-8-12(16(20)21)9-15(18-13)19-14-7-6-10(2)17-11(14)3/h6-9H,4-5H2,1-3H3,(H,18,19)(H,20,21). The normalized spacial score (nSPS) is 10.4. The molecule has 0 atom stereocenters. The number of hydrogen-bond donors (Lipinski definition) is 2. The highest BCUT2D eigenvalue weighted by Gasteiger charge is 2.09. The van der Waals surface area contributed by atoms with Crippen molar-refractivity contribution in [2.24, 2.45) is 0 Å². The fourth-order valence-electron chi connectivity index (χ4n) is 2.12. The number of aryl methyl sites for hydroxylation is 3. The maximum absolute atomic E-state index is 11.2. The Morgan fingerprint density at radius 2 is 2.00 bits per heavy atom. The Kier molecular flexibility index (Phi) is 4.52. The molecule has 0 bridgehead atoms. The zero-order chi connectivity index (χ0) is 15.4. The molecule has 2 N–H and O–H groups in total. The van der Waals surface area contributed by atoms with Gasteiger partial charge in [-0.1, -0.05) is 13.3 Å². The Balaban J connectivity index is 2.36. The first kappa shape index (κ1) is 15.0. The maximum atomic E-state index is 11.2. The number of carbonyl (C=O) groups is 1. The van der Waals surface area contributed by atoms with E-state index in [1.54, 1.807) is 12.1 Å². The molecule has 2 rings (SSSR count). The van der Waals surface area contributed by atoms with E-state index >= 15 is 0 Å². The molecule has 2 aromatic heterocycles. The van der Waals surface area contributed by atoms with Crippen LogP contribution in [-0.2, 0) is 6.42 Å². The van der Waals surface area contributed by atoms with Crippen molar-refractivity contribution in [2.75, 3.05) is 5.32 Å². The lowest BCUT2D eigenvalue weighted by Gasteiger charge is -2.11. The van der Waals surface area contributed by atoms with Crippen LogP contribution in [-0.4, -0.2) is 21.0 Å². The van der Waals surface area contributed by atoms with Gasteiger partial charge < -0.3 is 10.4 Å². The van der Waals surface area contributed by atoms with Gasteiger partial charge in [0.25, 0.3) is 0 Å². The van der Waals surface area contributed by atoms with Gasteiger partial charge in [-0.2, -0.15) is 0 Å². The number of aromatic carboxylic acids is 1. The summed E-state index contributed by atoms with van der Waals surface area (Å²) in [5, 5.41) is 12.3.